The molecule has 1 aromatic carbocycles. The summed E-state index contributed by atoms with van der Waals surface area (Å²) in [6, 6.07) is 8.00. The normalized spacial score (nSPS) is 22.9. The van der Waals surface area contributed by atoms with Gasteiger partial charge in [0.1, 0.15) is 5.52 Å². The summed E-state index contributed by atoms with van der Waals surface area (Å²) in [7, 11) is 0. The Labute approximate surface area is 122 Å². The molecule has 0 saturated heterocycles. The maximum Gasteiger partial charge on any atom is 0.201 e. The molecule has 1 aliphatic rings. The Balaban J connectivity index is 2.03. The van der Waals surface area contributed by atoms with Crippen molar-refractivity contribution in [3.05, 3.63) is 30.5 Å². The number of aliphatic hydroxyl groups is 1. The SMILES string of the molecule is Nc1nc2cnc3ccccc3c2n1C1CCCCC1O. The number of pyridine rings is 1. The number of imidazole rings is 1. The van der Waals surface area contributed by atoms with Crippen LogP contribution < -0.4 is 5.73 Å². The summed E-state index contributed by atoms with van der Waals surface area (Å²) in [6.45, 7) is 0. The Bertz CT molecular complexity index is 810. The number of aromatic nitrogens is 3. The topological polar surface area (TPSA) is 77.0 Å². The third-order valence-electron chi connectivity index (χ3n) is 4.48. The average Bonchev–Trinajstić information content (AvgIpc) is 2.84. The molecule has 1 aliphatic carbocycles. The van der Waals surface area contributed by atoms with Crippen molar-refractivity contribution in [2.75, 3.05) is 5.73 Å². The summed E-state index contributed by atoms with van der Waals surface area (Å²) in [5.41, 5.74) is 8.86. The van der Waals surface area contributed by atoms with Crippen molar-refractivity contribution >= 4 is 27.9 Å². The summed E-state index contributed by atoms with van der Waals surface area (Å²) >= 11 is 0. The van der Waals surface area contributed by atoms with E-state index in [4.69, 9.17) is 5.73 Å². The van der Waals surface area contributed by atoms with Crippen LogP contribution in [0.15, 0.2) is 30.5 Å². The molecule has 108 valence electrons. The van der Waals surface area contributed by atoms with Crippen molar-refractivity contribution in [3.8, 4) is 0 Å². The number of aliphatic hydroxyl groups excluding tert-OH is 1. The number of nitrogen functional groups attached to an aromatic ring is 1. The number of nitrogens with two attached hydrogens (primary N) is 1. The van der Waals surface area contributed by atoms with Gasteiger partial charge < -0.3 is 15.4 Å². The molecule has 1 fully saturated rings. The zero-order valence-corrected chi connectivity index (χ0v) is 11.7. The van der Waals surface area contributed by atoms with E-state index >= 15 is 0 Å². The second kappa shape index (κ2) is 4.70. The highest BCUT2D eigenvalue weighted by molar-refractivity contribution is 6.03. The Hall–Kier alpha value is -2.14. The van der Waals surface area contributed by atoms with Crippen LogP contribution in [0, 0.1) is 0 Å². The Morgan fingerprint density at radius 2 is 1.95 bits per heavy atom. The highest BCUT2D eigenvalue weighted by atomic mass is 16.3. The van der Waals surface area contributed by atoms with Crippen LogP contribution >= 0.6 is 0 Å². The van der Waals surface area contributed by atoms with Crippen LogP contribution in [0.2, 0.25) is 0 Å². The summed E-state index contributed by atoms with van der Waals surface area (Å²) in [4.78, 5) is 8.87. The van der Waals surface area contributed by atoms with Gasteiger partial charge in [-0.3, -0.25) is 4.98 Å². The van der Waals surface area contributed by atoms with Crippen LogP contribution in [0.1, 0.15) is 31.7 Å². The highest BCUT2D eigenvalue weighted by Gasteiger charge is 2.28. The zero-order chi connectivity index (χ0) is 14.4. The van der Waals surface area contributed by atoms with Gasteiger partial charge in [0.15, 0.2) is 0 Å². The van der Waals surface area contributed by atoms with Crippen molar-refractivity contribution < 1.29 is 5.11 Å². The molecule has 2 aromatic heterocycles. The van der Waals surface area contributed by atoms with Crippen molar-refractivity contribution in [1.29, 1.82) is 0 Å². The Kier molecular flexibility index (Phi) is 2.82. The molecule has 0 spiro atoms. The lowest BCUT2D eigenvalue weighted by atomic mass is 9.92. The first kappa shape index (κ1) is 12.6. The predicted molar refractivity (Wildman–Crippen MR) is 83.0 cm³/mol. The molecule has 0 aliphatic heterocycles. The van der Waals surface area contributed by atoms with Crippen LogP contribution in [-0.2, 0) is 0 Å². The molecule has 1 saturated carbocycles. The van der Waals surface area contributed by atoms with Gasteiger partial charge in [0.2, 0.25) is 5.95 Å². The van der Waals surface area contributed by atoms with Crippen LogP contribution in [0.3, 0.4) is 0 Å². The zero-order valence-electron chi connectivity index (χ0n) is 11.7. The second-order valence-electron chi connectivity index (χ2n) is 5.77. The quantitative estimate of drug-likeness (QED) is 0.719. The monoisotopic (exact) mass is 282 g/mol. The van der Waals surface area contributed by atoms with E-state index in [1.165, 1.54) is 0 Å². The molecule has 3 aromatic rings. The van der Waals surface area contributed by atoms with E-state index in [-0.39, 0.29) is 12.1 Å². The largest absolute Gasteiger partial charge is 0.391 e. The standard InChI is InChI=1S/C16H18N4O/c17-16-19-12-9-18-11-6-2-1-5-10(11)15(12)20(16)13-7-3-4-8-14(13)21/h1-2,5-6,9,13-14,21H,3-4,7-8H2,(H2,17,19). The highest BCUT2D eigenvalue weighted by Crippen LogP contribution is 2.35. The molecule has 2 unspecified atom stereocenters. The lowest BCUT2D eigenvalue weighted by Crippen LogP contribution is -2.28. The van der Waals surface area contributed by atoms with Crippen LogP contribution in [0.5, 0.6) is 0 Å². The first-order valence-electron chi connectivity index (χ1n) is 7.45. The molecule has 0 radical (unpaired) electrons. The summed E-state index contributed by atoms with van der Waals surface area (Å²) in [5, 5.41) is 11.4. The number of benzene rings is 1. The van der Waals surface area contributed by atoms with Crippen molar-refractivity contribution in [1.82, 2.24) is 14.5 Å². The van der Waals surface area contributed by atoms with E-state index in [9.17, 15) is 5.11 Å². The number of nitrogens with zero attached hydrogens (tertiary/aromatic N) is 3. The van der Waals surface area contributed by atoms with E-state index in [0.717, 1.165) is 47.6 Å². The van der Waals surface area contributed by atoms with E-state index in [1.807, 2.05) is 28.8 Å². The van der Waals surface area contributed by atoms with Crippen LogP contribution in [-0.4, -0.2) is 25.7 Å². The first-order valence-corrected chi connectivity index (χ1v) is 7.45. The van der Waals surface area contributed by atoms with Gasteiger partial charge in [-0.05, 0) is 18.9 Å². The number of fused-ring (bicyclic) bond motifs is 3. The predicted octanol–water partition coefficient (Wildman–Crippen LogP) is 2.64. The van der Waals surface area contributed by atoms with Gasteiger partial charge in [-0.1, -0.05) is 31.0 Å². The van der Waals surface area contributed by atoms with E-state index in [0.29, 0.717) is 5.95 Å². The smallest absolute Gasteiger partial charge is 0.201 e. The van der Waals surface area contributed by atoms with Crippen molar-refractivity contribution in [3.63, 3.8) is 0 Å². The van der Waals surface area contributed by atoms with E-state index in [1.54, 1.807) is 6.20 Å². The molecular weight excluding hydrogens is 264 g/mol. The van der Waals surface area contributed by atoms with Gasteiger partial charge in [-0.15, -0.1) is 0 Å². The fourth-order valence-corrected chi connectivity index (χ4v) is 3.47. The maximum atomic E-state index is 10.4. The van der Waals surface area contributed by atoms with Gasteiger partial charge in [0.25, 0.3) is 0 Å². The Morgan fingerprint density at radius 1 is 1.14 bits per heavy atom. The number of hydrogen-bond donors (Lipinski definition) is 2. The fraction of sp³-hybridized carbons (Fsp3) is 0.375. The maximum absolute atomic E-state index is 10.4. The summed E-state index contributed by atoms with van der Waals surface area (Å²) < 4.78 is 2.02. The first-order chi connectivity index (χ1) is 10.3. The minimum Gasteiger partial charge on any atom is -0.391 e. The van der Waals surface area contributed by atoms with Gasteiger partial charge >= 0.3 is 0 Å². The van der Waals surface area contributed by atoms with Crippen LogP contribution in [0.25, 0.3) is 21.9 Å². The van der Waals surface area contributed by atoms with E-state index < -0.39 is 0 Å². The lowest BCUT2D eigenvalue weighted by Gasteiger charge is -2.30. The number of rotatable bonds is 1. The number of hydrogen-bond acceptors (Lipinski definition) is 4. The minimum absolute atomic E-state index is 0.00885. The molecule has 0 bridgehead atoms. The number of para-hydroxylation sites is 1. The molecule has 21 heavy (non-hydrogen) atoms. The molecule has 4 rings (SSSR count). The molecule has 0 amide bonds. The van der Waals surface area contributed by atoms with E-state index in [2.05, 4.69) is 9.97 Å². The summed E-state index contributed by atoms with van der Waals surface area (Å²) in [5.74, 6) is 0.467. The van der Waals surface area contributed by atoms with Crippen molar-refractivity contribution in [2.45, 2.75) is 37.8 Å². The second-order valence-corrected chi connectivity index (χ2v) is 5.77. The minimum atomic E-state index is -0.356. The van der Waals surface area contributed by atoms with Crippen LogP contribution in [0.4, 0.5) is 5.95 Å². The average molecular weight is 282 g/mol. The lowest BCUT2D eigenvalue weighted by molar-refractivity contribution is 0.0784. The number of anilines is 1. The van der Waals surface area contributed by atoms with Gasteiger partial charge in [-0.25, -0.2) is 4.98 Å². The molecule has 2 heterocycles. The molecular formula is C16H18N4O. The Morgan fingerprint density at radius 3 is 2.81 bits per heavy atom. The molecule has 5 heteroatoms. The third-order valence-corrected chi connectivity index (χ3v) is 4.48. The fourth-order valence-electron chi connectivity index (χ4n) is 3.47. The van der Waals surface area contributed by atoms with Gasteiger partial charge in [0.05, 0.1) is 29.4 Å². The summed E-state index contributed by atoms with van der Waals surface area (Å²) in [6.07, 6.45) is 5.36. The molecule has 5 nitrogen and oxygen atoms in total. The third kappa shape index (κ3) is 1.88. The van der Waals surface area contributed by atoms with Crippen molar-refractivity contribution in [2.24, 2.45) is 0 Å². The van der Waals surface area contributed by atoms with Gasteiger partial charge in [-0.2, -0.15) is 0 Å². The molecule has 2 atom stereocenters. The van der Waals surface area contributed by atoms with Gasteiger partial charge in [0, 0.05) is 5.39 Å². The molecule has 3 N–H and O–H groups in total.